The van der Waals surface area contributed by atoms with Gasteiger partial charge in [-0.3, -0.25) is 14.5 Å². The molecule has 4 nitrogen and oxygen atoms in total. The number of carboxylic acids is 1. The van der Waals surface area contributed by atoms with Crippen molar-refractivity contribution in [1.82, 2.24) is 4.90 Å². The molecule has 1 heterocycles. The Balaban J connectivity index is 1.95. The molecule has 1 N–H and O–H groups in total. The van der Waals surface area contributed by atoms with Crippen LogP contribution in [0.4, 0.5) is 0 Å². The van der Waals surface area contributed by atoms with Gasteiger partial charge in [-0.1, -0.05) is 17.7 Å². The van der Waals surface area contributed by atoms with Crippen LogP contribution in [0, 0.1) is 20.8 Å². The smallest absolute Gasteiger partial charge is 0.303 e. The number of carbonyl (C=O) groups excluding carboxylic acids is 1. The monoisotopic (exact) mass is 317 g/mol. The van der Waals surface area contributed by atoms with Gasteiger partial charge in [0.05, 0.1) is 0 Å². The standard InChI is InChI=1S/C19H27NO3/c1-13-11-14(2)19(15(3)12-13)17(21)8-10-20-9-4-5-16(20)6-7-18(22)23/h11-12,16H,4-10H2,1-3H3,(H,22,23). The second-order valence-electron chi connectivity index (χ2n) is 6.71. The summed E-state index contributed by atoms with van der Waals surface area (Å²) in [4.78, 5) is 25.6. The molecule has 0 saturated carbocycles. The van der Waals surface area contributed by atoms with Crippen LogP contribution in [-0.4, -0.2) is 40.9 Å². The van der Waals surface area contributed by atoms with Gasteiger partial charge in [0.25, 0.3) is 0 Å². The summed E-state index contributed by atoms with van der Waals surface area (Å²) < 4.78 is 0. The number of hydrogen-bond acceptors (Lipinski definition) is 3. The SMILES string of the molecule is Cc1cc(C)c(C(=O)CCN2CCCC2CCC(=O)O)c(C)c1. The number of ketones is 1. The minimum absolute atomic E-state index is 0.198. The topological polar surface area (TPSA) is 57.6 Å². The lowest BCUT2D eigenvalue weighted by atomic mass is 9.95. The van der Waals surface area contributed by atoms with E-state index in [1.165, 1.54) is 5.56 Å². The molecule has 1 atom stereocenters. The molecule has 1 unspecified atom stereocenters. The summed E-state index contributed by atoms with van der Waals surface area (Å²) in [6, 6.07) is 4.44. The molecule has 0 spiro atoms. The third kappa shape index (κ3) is 4.64. The first kappa shape index (κ1) is 17.7. The van der Waals surface area contributed by atoms with Gasteiger partial charge in [-0.2, -0.15) is 0 Å². The molecule has 1 aliphatic heterocycles. The van der Waals surface area contributed by atoms with Gasteiger partial charge in [0.1, 0.15) is 0 Å². The summed E-state index contributed by atoms with van der Waals surface area (Å²) >= 11 is 0. The fourth-order valence-electron chi connectivity index (χ4n) is 3.80. The van der Waals surface area contributed by atoms with E-state index in [-0.39, 0.29) is 12.2 Å². The molecule has 0 aromatic heterocycles. The summed E-state index contributed by atoms with van der Waals surface area (Å²) in [5.74, 6) is -0.539. The third-order valence-electron chi connectivity index (χ3n) is 4.77. The van der Waals surface area contributed by atoms with E-state index < -0.39 is 5.97 Å². The number of likely N-dealkylation sites (tertiary alicyclic amines) is 1. The fraction of sp³-hybridized carbons (Fsp3) is 0.579. The first-order chi connectivity index (χ1) is 10.9. The Morgan fingerprint density at radius 2 is 1.83 bits per heavy atom. The van der Waals surface area contributed by atoms with Crippen molar-refractivity contribution in [2.24, 2.45) is 0 Å². The van der Waals surface area contributed by atoms with Gasteiger partial charge in [-0.05, 0) is 57.7 Å². The fourth-order valence-corrected chi connectivity index (χ4v) is 3.80. The molecule has 1 aromatic rings. The van der Waals surface area contributed by atoms with Crippen molar-refractivity contribution in [3.63, 3.8) is 0 Å². The Morgan fingerprint density at radius 3 is 2.43 bits per heavy atom. The first-order valence-corrected chi connectivity index (χ1v) is 8.45. The van der Waals surface area contributed by atoms with Crippen LogP contribution in [0.5, 0.6) is 0 Å². The minimum Gasteiger partial charge on any atom is -0.481 e. The van der Waals surface area contributed by atoms with Crippen molar-refractivity contribution in [2.75, 3.05) is 13.1 Å². The molecule has 126 valence electrons. The Labute approximate surface area is 138 Å². The van der Waals surface area contributed by atoms with Gasteiger partial charge in [-0.15, -0.1) is 0 Å². The highest BCUT2D eigenvalue weighted by atomic mass is 16.4. The zero-order valence-corrected chi connectivity index (χ0v) is 14.4. The maximum Gasteiger partial charge on any atom is 0.303 e. The Hall–Kier alpha value is -1.68. The number of carbonyl (C=O) groups is 2. The van der Waals surface area contributed by atoms with Crippen molar-refractivity contribution in [1.29, 1.82) is 0 Å². The van der Waals surface area contributed by atoms with E-state index in [2.05, 4.69) is 17.0 Å². The average Bonchev–Trinajstić information content (AvgIpc) is 2.89. The van der Waals surface area contributed by atoms with Crippen molar-refractivity contribution >= 4 is 11.8 Å². The van der Waals surface area contributed by atoms with Crippen LogP contribution in [0.1, 0.15) is 59.2 Å². The average molecular weight is 317 g/mol. The van der Waals surface area contributed by atoms with Gasteiger partial charge < -0.3 is 5.11 Å². The lowest BCUT2D eigenvalue weighted by Crippen LogP contribution is -2.32. The van der Waals surface area contributed by atoms with Crippen LogP contribution in [0.3, 0.4) is 0 Å². The Kier molecular flexibility index (Phi) is 5.94. The lowest BCUT2D eigenvalue weighted by Gasteiger charge is -2.24. The maximum absolute atomic E-state index is 12.6. The van der Waals surface area contributed by atoms with Gasteiger partial charge >= 0.3 is 5.97 Å². The zero-order valence-electron chi connectivity index (χ0n) is 14.4. The van der Waals surface area contributed by atoms with E-state index in [0.717, 1.165) is 42.6 Å². The molecule has 4 heteroatoms. The highest BCUT2D eigenvalue weighted by Crippen LogP contribution is 2.23. The van der Waals surface area contributed by atoms with E-state index >= 15 is 0 Å². The Morgan fingerprint density at radius 1 is 1.17 bits per heavy atom. The predicted octanol–water partition coefficient (Wildman–Crippen LogP) is 3.51. The first-order valence-electron chi connectivity index (χ1n) is 8.45. The number of Topliss-reactive ketones (excluding diaryl/α,β-unsaturated/α-hetero) is 1. The molecular weight excluding hydrogens is 290 g/mol. The van der Waals surface area contributed by atoms with E-state index in [9.17, 15) is 9.59 Å². The molecule has 1 aromatic carbocycles. The van der Waals surface area contributed by atoms with Crippen LogP contribution in [0.2, 0.25) is 0 Å². The van der Waals surface area contributed by atoms with E-state index in [0.29, 0.717) is 18.9 Å². The van der Waals surface area contributed by atoms with Gasteiger partial charge in [0, 0.05) is 31.0 Å². The number of benzene rings is 1. The lowest BCUT2D eigenvalue weighted by molar-refractivity contribution is -0.137. The van der Waals surface area contributed by atoms with Crippen molar-refractivity contribution < 1.29 is 14.7 Å². The second kappa shape index (κ2) is 7.73. The van der Waals surface area contributed by atoms with Crippen molar-refractivity contribution in [3.05, 3.63) is 34.4 Å². The number of nitrogens with zero attached hydrogens (tertiary/aromatic N) is 1. The predicted molar refractivity (Wildman–Crippen MR) is 91.1 cm³/mol. The van der Waals surface area contributed by atoms with Gasteiger partial charge in [0.2, 0.25) is 0 Å². The molecule has 0 bridgehead atoms. The summed E-state index contributed by atoms with van der Waals surface area (Å²) in [5, 5.41) is 8.84. The number of rotatable bonds is 7. The third-order valence-corrected chi connectivity index (χ3v) is 4.77. The highest BCUT2D eigenvalue weighted by molar-refractivity contribution is 5.99. The molecule has 0 aliphatic carbocycles. The molecule has 1 aliphatic rings. The molecule has 2 rings (SSSR count). The number of hydrogen-bond donors (Lipinski definition) is 1. The van der Waals surface area contributed by atoms with E-state index in [1.54, 1.807) is 0 Å². The normalized spacial score (nSPS) is 18.3. The Bertz CT molecular complexity index is 571. The van der Waals surface area contributed by atoms with Crippen molar-refractivity contribution in [3.8, 4) is 0 Å². The van der Waals surface area contributed by atoms with Crippen molar-refractivity contribution in [2.45, 2.75) is 58.9 Å². The zero-order chi connectivity index (χ0) is 17.0. The van der Waals surface area contributed by atoms with E-state index in [4.69, 9.17) is 5.11 Å². The molecule has 1 saturated heterocycles. The quantitative estimate of drug-likeness (QED) is 0.782. The minimum atomic E-state index is -0.737. The largest absolute Gasteiger partial charge is 0.481 e. The van der Waals surface area contributed by atoms with Crippen LogP contribution in [-0.2, 0) is 4.79 Å². The van der Waals surface area contributed by atoms with Crippen LogP contribution >= 0.6 is 0 Å². The van der Waals surface area contributed by atoms with Gasteiger partial charge in [0.15, 0.2) is 5.78 Å². The van der Waals surface area contributed by atoms with Crippen LogP contribution in [0.15, 0.2) is 12.1 Å². The summed E-state index contributed by atoms with van der Waals surface area (Å²) in [6.07, 6.45) is 3.55. The number of aliphatic carboxylic acids is 1. The van der Waals surface area contributed by atoms with Crippen LogP contribution < -0.4 is 0 Å². The highest BCUT2D eigenvalue weighted by Gasteiger charge is 2.25. The summed E-state index contributed by atoms with van der Waals surface area (Å²) in [6.45, 7) is 7.75. The number of aryl methyl sites for hydroxylation is 3. The molecule has 0 amide bonds. The number of carboxylic acid groups (broad SMARTS) is 1. The summed E-state index contributed by atoms with van der Waals surface area (Å²) in [5.41, 5.74) is 4.15. The molecule has 1 fully saturated rings. The molecular formula is C19H27NO3. The molecule has 0 radical (unpaired) electrons. The maximum atomic E-state index is 12.6. The summed E-state index contributed by atoms with van der Waals surface area (Å²) in [7, 11) is 0. The second-order valence-corrected chi connectivity index (χ2v) is 6.71. The van der Waals surface area contributed by atoms with Crippen LogP contribution in [0.25, 0.3) is 0 Å². The van der Waals surface area contributed by atoms with Gasteiger partial charge in [-0.25, -0.2) is 0 Å². The molecule has 23 heavy (non-hydrogen) atoms. The van der Waals surface area contributed by atoms with E-state index in [1.807, 2.05) is 20.8 Å².